The zero-order valence-corrected chi connectivity index (χ0v) is 18.1. The minimum Gasteiger partial charge on any atom is -0.309 e. The first-order valence-corrected chi connectivity index (χ1v) is 10.8. The van der Waals surface area contributed by atoms with Crippen LogP contribution in [0.2, 0.25) is 10.0 Å². The third-order valence-corrected chi connectivity index (χ3v) is 5.57. The molecule has 0 radical (unpaired) electrons. The molecule has 0 aliphatic heterocycles. The summed E-state index contributed by atoms with van der Waals surface area (Å²) in [4.78, 5) is 16.4. The van der Waals surface area contributed by atoms with Crippen LogP contribution in [0.1, 0.15) is 0 Å². The van der Waals surface area contributed by atoms with Gasteiger partial charge < -0.3 is 5.32 Å². The fourth-order valence-electron chi connectivity index (χ4n) is 2.77. The summed E-state index contributed by atoms with van der Waals surface area (Å²) in [5.41, 5.74) is 1.52. The molecule has 0 unspecified atom stereocenters. The van der Waals surface area contributed by atoms with Gasteiger partial charge in [0.2, 0.25) is 5.91 Å². The fourth-order valence-corrected chi connectivity index (χ4v) is 3.94. The first kappa shape index (κ1) is 21.3. The molecule has 4 rings (SSSR count). The van der Waals surface area contributed by atoms with Crippen molar-refractivity contribution < 1.29 is 9.18 Å². The number of hydrogen-bond acceptors (Lipinski definition) is 5. The number of anilines is 1. The van der Waals surface area contributed by atoms with Gasteiger partial charge in [-0.1, -0.05) is 65.3 Å². The van der Waals surface area contributed by atoms with Crippen LogP contribution in [0.15, 0.2) is 72.0 Å². The number of carbonyl (C=O) groups is 1. The number of nitrogens with one attached hydrogen (secondary N) is 1. The Balaban J connectivity index is 1.58. The highest BCUT2D eigenvalue weighted by molar-refractivity contribution is 7.99. The van der Waals surface area contributed by atoms with Gasteiger partial charge in [0.05, 0.1) is 15.8 Å². The lowest BCUT2D eigenvalue weighted by Crippen LogP contribution is -2.15. The number of pyridine rings is 1. The van der Waals surface area contributed by atoms with E-state index in [0.29, 0.717) is 21.7 Å². The molecule has 0 fully saturated rings. The van der Waals surface area contributed by atoms with E-state index < -0.39 is 0 Å². The van der Waals surface area contributed by atoms with Gasteiger partial charge in [-0.05, 0) is 30.3 Å². The Kier molecular flexibility index (Phi) is 6.50. The second-order valence-corrected chi connectivity index (χ2v) is 8.09. The second-order valence-electron chi connectivity index (χ2n) is 6.30. The first-order chi connectivity index (χ1) is 15.0. The molecule has 0 aliphatic carbocycles. The molecule has 0 saturated heterocycles. The molecule has 0 saturated carbocycles. The van der Waals surface area contributed by atoms with Crippen molar-refractivity contribution in [3.05, 3.63) is 82.7 Å². The molecule has 0 aliphatic rings. The van der Waals surface area contributed by atoms with Crippen molar-refractivity contribution in [1.82, 2.24) is 19.7 Å². The van der Waals surface area contributed by atoms with Crippen molar-refractivity contribution in [3.63, 3.8) is 0 Å². The number of aromatic nitrogens is 4. The summed E-state index contributed by atoms with van der Waals surface area (Å²) in [6.07, 6.45) is 1.40. The molecule has 156 valence electrons. The predicted octanol–water partition coefficient (Wildman–Crippen LogP) is 5.51. The van der Waals surface area contributed by atoms with E-state index >= 15 is 0 Å². The largest absolute Gasteiger partial charge is 0.309 e. The molecule has 6 nitrogen and oxygen atoms in total. The Morgan fingerprint density at radius 3 is 2.52 bits per heavy atom. The molecule has 0 spiro atoms. The molecule has 0 atom stereocenters. The van der Waals surface area contributed by atoms with Crippen molar-refractivity contribution in [2.75, 3.05) is 11.1 Å². The van der Waals surface area contributed by atoms with Crippen LogP contribution in [0.3, 0.4) is 0 Å². The summed E-state index contributed by atoms with van der Waals surface area (Å²) >= 11 is 13.1. The predicted molar refractivity (Wildman–Crippen MR) is 120 cm³/mol. The summed E-state index contributed by atoms with van der Waals surface area (Å²) in [5.74, 6) is 0.171. The third-order valence-electron chi connectivity index (χ3n) is 4.15. The molecule has 31 heavy (non-hydrogen) atoms. The van der Waals surface area contributed by atoms with Gasteiger partial charge in [-0.25, -0.2) is 9.37 Å². The maximum atomic E-state index is 13.4. The Hall–Kier alpha value is -2.94. The number of carbonyl (C=O) groups excluding carboxylic acids is 1. The van der Waals surface area contributed by atoms with Crippen LogP contribution >= 0.6 is 35.0 Å². The highest BCUT2D eigenvalue weighted by Crippen LogP contribution is 2.28. The lowest BCUT2D eigenvalue weighted by Gasteiger charge is -2.11. The quantitative estimate of drug-likeness (QED) is 0.374. The van der Waals surface area contributed by atoms with Crippen LogP contribution in [0, 0.1) is 5.82 Å². The van der Waals surface area contributed by atoms with E-state index in [1.54, 1.807) is 16.7 Å². The van der Waals surface area contributed by atoms with E-state index in [9.17, 15) is 9.18 Å². The molecule has 2 heterocycles. The lowest BCUT2D eigenvalue weighted by atomic mass is 10.2. The maximum Gasteiger partial charge on any atom is 0.236 e. The first-order valence-electron chi connectivity index (χ1n) is 9.02. The van der Waals surface area contributed by atoms with E-state index in [1.807, 2.05) is 30.3 Å². The van der Waals surface area contributed by atoms with Gasteiger partial charge in [-0.15, -0.1) is 10.2 Å². The molecule has 10 heteroatoms. The maximum absolute atomic E-state index is 13.4. The van der Waals surface area contributed by atoms with Crippen LogP contribution in [-0.2, 0) is 4.79 Å². The van der Waals surface area contributed by atoms with Crippen molar-refractivity contribution in [1.29, 1.82) is 0 Å². The standard InChI is InChI=1S/C21H14Cl2FN5OS/c22-14-10-17(23)19(25-11-14)26-18(30)12-31-21-28-27-20(13-4-2-1-3-5-13)29(21)16-8-6-15(24)7-9-16/h1-11H,12H2,(H,25,26,30). The van der Waals surface area contributed by atoms with Gasteiger partial charge in [0, 0.05) is 17.4 Å². The van der Waals surface area contributed by atoms with Crippen LogP contribution in [0.4, 0.5) is 10.2 Å². The molecule has 4 aromatic rings. The third kappa shape index (κ3) is 5.04. The SMILES string of the molecule is O=C(CSc1nnc(-c2ccccc2)n1-c1ccc(F)cc1)Nc1ncc(Cl)cc1Cl. The van der Waals surface area contributed by atoms with Crippen LogP contribution < -0.4 is 5.32 Å². The lowest BCUT2D eigenvalue weighted by molar-refractivity contribution is -0.113. The van der Waals surface area contributed by atoms with Gasteiger partial charge >= 0.3 is 0 Å². The molecular weight excluding hydrogens is 460 g/mol. The van der Waals surface area contributed by atoms with Crippen molar-refractivity contribution in [2.24, 2.45) is 0 Å². The van der Waals surface area contributed by atoms with Gasteiger partial charge in [0.15, 0.2) is 16.8 Å². The molecular formula is C21H14Cl2FN5OS. The zero-order valence-electron chi connectivity index (χ0n) is 15.8. The number of thioether (sulfide) groups is 1. The number of halogens is 3. The average molecular weight is 474 g/mol. The highest BCUT2D eigenvalue weighted by Gasteiger charge is 2.18. The van der Waals surface area contributed by atoms with E-state index in [4.69, 9.17) is 23.2 Å². The fraction of sp³-hybridized carbons (Fsp3) is 0.0476. The van der Waals surface area contributed by atoms with E-state index in [-0.39, 0.29) is 28.3 Å². The minimum absolute atomic E-state index is 0.0365. The number of amides is 1. The van der Waals surface area contributed by atoms with Gasteiger partial charge in [-0.2, -0.15) is 0 Å². The van der Waals surface area contributed by atoms with Crippen LogP contribution in [0.5, 0.6) is 0 Å². The summed E-state index contributed by atoms with van der Waals surface area (Å²) in [6.45, 7) is 0. The summed E-state index contributed by atoms with van der Waals surface area (Å²) in [5, 5.41) is 12.3. The van der Waals surface area contributed by atoms with Gasteiger partial charge in [0.25, 0.3) is 0 Å². The zero-order chi connectivity index (χ0) is 21.8. The van der Waals surface area contributed by atoms with Crippen LogP contribution in [0.25, 0.3) is 17.1 Å². The van der Waals surface area contributed by atoms with E-state index in [2.05, 4.69) is 20.5 Å². The highest BCUT2D eigenvalue weighted by atomic mass is 35.5. The van der Waals surface area contributed by atoms with E-state index in [1.165, 1.54) is 36.2 Å². The van der Waals surface area contributed by atoms with Gasteiger partial charge in [0.1, 0.15) is 5.82 Å². The second kappa shape index (κ2) is 9.47. The molecule has 1 N–H and O–H groups in total. The summed E-state index contributed by atoms with van der Waals surface area (Å²) in [6, 6.07) is 17.0. The molecule has 1 amide bonds. The smallest absolute Gasteiger partial charge is 0.236 e. The molecule has 2 aromatic heterocycles. The van der Waals surface area contributed by atoms with Gasteiger partial charge in [-0.3, -0.25) is 9.36 Å². The van der Waals surface area contributed by atoms with Crippen LogP contribution in [-0.4, -0.2) is 31.4 Å². The number of hydrogen-bond donors (Lipinski definition) is 1. The normalized spacial score (nSPS) is 10.8. The Bertz CT molecular complexity index is 1220. The molecule has 0 bridgehead atoms. The Morgan fingerprint density at radius 2 is 1.81 bits per heavy atom. The Labute approximate surface area is 191 Å². The van der Waals surface area contributed by atoms with E-state index in [0.717, 1.165) is 5.56 Å². The summed E-state index contributed by atoms with van der Waals surface area (Å²) < 4.78 is 15.2. The topological polar surface area (TPSA) is 72.7 Å². The monoisotopic (exact) mass is 473 g/mol. The average Bonchev–Trinajstić information content (AvgIpc) is 3.19. The Morgan fingerprint density at radius 1 is 1.06 bits per heavy atom. The number of nitrogens with zero attached hydrogens (tertiary/aromatic N) is 4. The van der Waals surface area contributed by atoms with Crippen molar-refractivity contribution >= 4 is 46.7 Å². The number of rotatable bonds is 6. The minimum atomic E-state index is -0.348. The molecule has 2 aromatic carbocycles. The number of benzene rings is 2. The summed E-state index contributed by atoms with van der Waals surface area (Å²) in [7, 11) is 0. The van der Waals surface area contributed by atoms with Crippen molar-refractivity contribution in [2.45, 2.75) is 5.16 Å². The van der Waals surface area contributed by atoms with Crippen molar-refractivity contribution in [3.8, 4) is 17.1 Å².